The van der Waals surface area contributed by atoms with Crippen LogP contribution in [0.3, 0.4) is 0 Å². The van der Waals surface area contributed by atoms with Crippen LogP contribution in [0.1, 0.15) is 115 Å². The van der Waals surface area contributed by atoms with E-state index in [0.717, 1.165) is 44.1 Å². The molecular weight excluding hydrogens is 607 g/mol. The number of sulfonamides is 1. The third-order valence-corrected chi connectivity index (χ3v) is 13.9. The van der Waals surface area contributed by atoms with Crippen LogP contribution in [0.2, 0.25) is 0 Å². The van der Waals surface area contributed by atoms with E-state index in [1.54, 1.807) is 28.6 Å². The Kier molecular flexibility index (Phi) is 10.9. The van der Waals surface area contributed by atoms with Crippen molar-refractivity contribution in [2.45, 2.75) is 127 Å². The Hall–Kier alpha value is -2.87. The van der Waals surface area contributed by atoms with Crippen LogP contribution in [0.15, 0.2) is 59.5 Å². The van der Waals surface area contributed by atoms with E-state index in [-0.39, 0.29) is 47.1 Å². The predicted octanol–water partition coefficient (Wildman–Crippen LogP) is 7.57. The van der Waals surface area contributed by atoms with Gasteiger partial charge in [0.15, 0.2) is 0 Å². The lowest BCUT2D eigenvalue weighted by Gasteiger charge is -2.45. The summed E-state index contributed by atoms with van der Waals surface area (Å²) in [6, 6.07) is 15.8. The second kappa shape index (κ2) is 15.1. The van der Waals surface area contributed by atoms with Crippen molar-refractivity contribution in [2.24, 2.45) is 29.6 Å². The number of amides is 2. The molecule has 2 saturated carbocycles. The molecule has 2 aromatic carbocycles. The van der Waals surface area contributed by atoms with Crippen LogP contribution in [0.4, 0.5) is 5.69 Å². The molecule has 4 aliphatic rings. The molecule has 2 N–H and O–H groups in total. The number of nitrogens with one attached hydrogen (secondary N) is 2. The first-order chi connectivity index (χ1) is 22.8. The first kappa shape index (κ1) is 34.0. The molecule has 2 aromatic rings. The fourth-order valence-corrected chi connectivity index (χ4v) is 11.5. The van der Waals surface area contributed by atoms with Gasteiger partial charge in [0.25, 0.3) is 10.0 Å². The van der Waals surface area contributed by atoms with Crippen molar-refractivity contribution in [3.8, 4) is 0 Å². The molecule has 0 bridgehead atoms. The van der Waals surface area contributed by atoms with Crippen LogP contribution >= 0.6 is 0 Å². The van der Waals surface area contributed by atoms with Gasteiger partial charge >= 0.3 is 0 Å². The Morgan fingerprint density at radius 3 is 1.98 bits per heavy atom. The first-order valence-electron chi connectivity index (χ1n) is 18.6. The lowest BCUT2D eigenvalue weighted by molar-refractivity contribution is -0.133. The summed E-state index contributed by atoms with van der Waals surface area (Å²) in [7, 11) is -3.93. The van der Waals surface area contributed by atoms with E-state index in [4.69, 9.17) is 0 Å². The monoisotopic (exact) mass is 661 g/mol. The van der Waals surface area contributed by atoms with Crippen LogP contribution in [0, 0.1) is 29.6 Å². The Bertz CT molecular complexity index is 1460. The van der Waals surface area contributed by atoms with E-state index in [1.165, 1.54) is 51.4 Å². The molecule has 6 rings (SSSR count). The van der Waals surface area contributed by atoms with Gasteiger partial charge in [0.05, 0.1) is 28.5 Å². The van der Waals surface area contributed by atoms with Gasteiger partial charge in [0, 0.05) is 12.6 Å². The number of fused-ring (bicyclic) bond motifs is 1. The Morgan fingerprint density at radius 1 is 0.787 bits per heavy atom. The van der Waals surface area contributed by atoms with Crippen molar-refractivity contribution in [2.75, 3.05) is 10.8 Å². The van der Waals surface area contributed by atoms with Crippen LogP contribution in [-0.4, -0.2) is 38.9 Å². The van der Waals surface area contributed by atoms with Gasteiger partial charge < -0.3 is 10.6 Å². The highest BCUT2D eigenvalue weighted by Crippen LogP contribution is 2.49. The lowest BCUT2D eigenvalue weighted by Crippen LogP contribution is -2.57. The van der Waals surface area contributed by atoms with E-state index in [9.17, 15) is 18.0 Å². The van der Waals surface area contributed by atoms with Crippen molar-refractivity contribution >= 4 is 27.5 Å². The number of nitrogens with zero attached hydrogens (tertiary/aromatic N) is 1. The maximum Gasteiger partial charge on any atom is 0.264 e. The highest BCUT2D eigenvalue weighted by Gasteiger charge is 2.51. The summed E-state index contributed by atoms with van der Waals surface area (Å²) in [5, 5.41) is 6.54. The van der Waals surface area contributed by atoms with Crippen molar-refractivity contribution < 1.29 is 18.0 Å². The maximum absolute atomic E-state index is 14.5. The summed E-state index contributed by atoms with van der Waals surface area (Å²) in [4.78, 5) is 28.3. The summed E-state index contributed by atoms with van der Waals surface area (Å²) < 4.78 is 30.5. The number of carbonyl (C=O) groups excluding carboxylic acids is 2. The lowest BCUT2D eigenvalue weighted by atomic mass is 9.66. The highest BCUT2D eigenvalue weighted by molar-refractivity contribution is 7.92. The van der Waals surface area contributed by atoms with Crippen molar-refractivity contribution in [1.29, 1.82) is 0 Å². The molecule has 47 heavy (non-hydrogen) atoms. The standard InChI is InChI=1S/C39H55N3O4S/c1-27-33(38(43)41-28(2)35(27)29-18-10-5-3-6-11-19-29)26-40-39(44)36-32-24-16-17-25-34(32)42(47(45,46)31-22-14-9-15-23-31)37(36)30-20-12-7-4-8-13-21-30/h9,14-17,22-25,27-30,33,35-37H,3-8,10-13,18-21,26H2,1-2H3,(H,40,44)(H,41,43). The van der Waals surface area contributed by atoms with Gasteiger partial charge in [-0.05, 0) is 67.2 Å². The highest BCUT2D eigenvalue weighted by atomic mass is 32.2. The molecule has 1 saturated heterocycles. The second-order valence-corrected chi connectivity index (χ2v) is 16.8. The summed E-state index contributed by atoms with van der Waals surface area (Å²) in [5.41, 5.74) is 1.37. The quantitative estimate of drug-likeness (QED) is 0.320. The van der Waals surface area contributed by atoms with Crippen molar-refractivity contribution in [3.05, 3.63) is 60.2 Å². The maximum atomic E-state index is 14.5. The summed E-state index contributed by atoms with van der Waals surface area (Å²) in [5.74, 6) is 0.0625. The molecule has 2 aliphatic carbocycles. The van der Waals surface area contributed by atoms with Crippen molar-refractivity contribution in [1.82, 2.24) is 10.6 Å². The first-order valence-corrected chi connectivity index (χ1v) is 20.0. The van der Waals surface area contributed by atoms with Gasteiger partial charge in [0.1, 0.15) is 0 Å². The number of hydrogen-bond donors (Lipinski definition) is 2. The zero-order chi connectivity index (χ0) is 33.0. The molecule has 0 spiro atoms. The number of carbonyl (C=O) groups is 2. The Balaban J connectivity index is 1.29. The fraction of sp³-hybridized carbons (Fsp3) is 0.641. The fourth-order valence-electron chi connectivity index (χ4n) is 9.72. The normalized spacial score (nSPS) is 29.9. The van der Waals surface area contributed by atoms with E-state index in [2.05, 4.69) is 24.5 Å². The van der Waals surface area contributed by atoms with Gasteiger partial charge in [0.2, 0.25) is 11.8 Å². The molecule has 6 atom stereocenters. The minimum Gasteiger partial charge on any atom is -0.355 e. The van der Waals surface area contributed by atoms with Crippen LogP contribution in [0.5, 0.6) is 0 Å². The third kappa shape index (κ3) is 7.13. The molecule has 256 valence electrons. The average molecular weight is 662 g/mol. The Morgan fingerprint density at radius 2 is 1.34 bits per heavy atom. The molecule has 3 fully saturated rings. The Labute approximate surface area is 282 Å². The van der Waals surface area contributed by atoms with Gasteiger partial charge in [-0.15, -0.1) is 0 Å². The molecule has 2 aliphatic heterocycles. The molecule has 8 heteroatoms. The molecule has 0 aromatic heterocycles. The molecule has 7 nitrogen and oxygen atoms in total. The number of hydrogen-bond acceptors (Lipinski definition) is 4. The van der Waals surface area contributed by atoms with Gasteiger partial charge in [-0.1, -0.05) is 120 Å². The molecule has 2 heterocycles. The van der Waals surface area contributed by atoms with Crippen molar-refractivity contribution in [3.63, 3.8) is 0 Å². The average Bonchev–Trinajstić information content (AvgIpc) is 3.38. The van der Waals surface area contributed by atoms with Gasteiger partial charge in [-0.25, -0.2) is 8.42 Å². The van der Waals surface area contributed by atoms with Gasteiger partial charge in [-0.3, -0.25) is 13.9 Å². The zero-order valence-corrected chi connectivity index (χ0v) is 29.2. The van der Waals surface area contributed by atoms with E-state index in [0.29, 0.717) is 17.5 Å². The number of para-hydroxylation sites is 1. The smallest absolute Gasteiger partial charge is 0.264 e. The van der Waals surface area contributed by atoms with E-state index >= 15 is 0 Å². The molecular formula is C39H55N3O4S. The second-order valence-electron chi connectivity index (χ2n) is 14.9. The van der Waals surface area contributed by atoms with Gasteiger partial charge in [-0.2, -0.15) is 0 Å². The largest absolute Gasteiger partial charge is 0.355 e. The molecule has 2 amide bonds. The minimum atomic E-state index is -3.93. The summed E-state index contributed by atoms with van der Waals surface area (Å²) in [6.07, 6.45) is 16.2. The number of benzene rings is 2. The minimum absolute atomic E-state index is 0.0177. The number of rotatable bonds is 7. The molecule has 6 unspecified atom stereocenters. The molecule has 0 radical (unpaired) electrons. The van der Waals surface area contributed by atoms with E-state index in [1.807, 2.05) is 30.3 Å². The SMILES string of the molecule is CC1NC(=O)C(CNC(=O)C2c3ccccc3N(S(=O)(=O)c3ccccc3)C2C2CCCCCCC2)C(C)C1C1CCCCCCC1. The van der Waals surface area contributed by atoms with Crippen LogP contribution in [-0.2, 0) is 19.6 Å². The number of anilines is 1. The summed E-state index contributed by atoms with van der Waals surface area (Å²) in [6.45, 7) is 4.64. The van der Waals surface area contributed by atoms with Crippen LogP contribution < -0.4 is 14.9 Å². The van der Waals surface area contributed by atoms with E-state index < -0.39 is 22.0 Å². The third-order valence-electron chi connectivity index (χ3n) is 12.1. The zero-order valence-electron chi connectivity index (χ0n) is 28.4. The van der Waals surface area contributed by atoms with Crippen LogP contribution in [0.25, 0.3) is 0 Å². The number of piperidine rings is 1. The predicted molar refractivity (Wildman–Crippen MR) is 187 cm³/mol. The summed E-state index contributed by atoms with van der Waals surface area (Å²) >= 11 is 0. The topological polar surface area (TPSA) is 95.6 Å².